The zero-order valence-corrected chi connectivity index (χ0v) is 10.5. The van der Waals surface area contributed by atoms with E-state index in [2.05, 4.69) is 15.2 Å². The number of aromatic nitrogens is 3. The highest BCUT2D eigenvalue weighted by atomic mass is 16.2. The van der Waals surface area contributed by atoms with E-state index in [1.807, 2.05) is 24.3 Å². The lowest BCUT2D eigenvalue weighted by molar-refractivity contribution is 0.806. The molecule has 1 aromatic heterocycles. The Kier molecular flexibility index (Phi) is 3.76. The Morgan fingerprint density at radius 2 is 1.95 bits per heavy atom. The quantitative estimate of drug-likeness (QED) is 0.691. The second-order valence-corrected chi connectivity index (χ2v) is 4.16. The van der Waals surface area contributed by atoms with Gasteiger partial charge in [0.2, 0.25) is 5.82 Å². The number of anilines is 1. The lowest BCUT2D eigenvalue weighted by Crippen LogP contribution is -2.32. The number of nitrogens with two attached hydrogens (primary N) is 1. The van der Waals surface area contributed by atoms with Crippen molar-refractivity contribution in [3.8, 4) is 0 Å². The van der Waals surface area contributed by atoms with Crippen LogP contribution in [0.3, 0.4) is 0 Å². The topological polar surface area (TPSA) is 108 Å². The van der Waals surface area contributed by atoms with Crippen LogP contribution in [0.2, 0.25) is 0 Å². The minimum absolute atomic E-state index is 0.159. The van der Waals surface area contributed by atoms with Gasteiger partial charge in [-0.1, -0.05) is 24.3 Å². The molecule has 4 N–H and O–H groups in total. The van der Waals surface area contributed by atoms with Crippen LogP contribution in [0.25, 0.3) is 0 Å². The minimum atomic E-state index is -0.621. The molecule has 0 amide bonds. The summed E-state index contributed by atoms with van der Waals surface area (Å²) in [7, 11) is 1.73. The van der Waals surface area contributed by atoms with E-state index in [0.29, 0.717) is 13.1 Å². The van der Waals surface area contributed by atoms with Gasteiger partial charge < -0.3 is 10.6 Å². The zero-order chi connectivity index (χ0) is 13.8. The maximum Gasteiger partial charge on any atom is 0.342 e. The normalized spacial score (nSPS) is 10.4. The molecule has 0 saturated heterocycles. The first-order chi connectivity index (χ1) is 9.11. The summed E-state index contributed by atoms with van der Waals surface area (Å²) < 4.78 is 0. The van der Waals surface area contributed by atoms with Crippen LogP contribution in [0, 0.1) is 0 Å². The van der Waals surface area contributed by atoms with E-state index in [9.17, 15) is 9.59 Å². The molecular formula is C12H15N5O2. The fraction of sp³-hybridized carbons (Fsp3) is 0.250. The summed E-state index contributed by atoms with van der Waals surface area (Å²) in [6, 6.07) is 7.70. The van der Waals surface area contributed by atoms with Crippen molar-refractivity contribution < 1.29 is 0 Å². The van der Waals surface area contributed by atoms with Gasteiger partial charge in [-0.15, -0.1) is 5.10 Å². The number of hydrogen-bond acceptors (Lipinski definition) is 5. The van der Waals surface area contributed by atoms with Crippen molar-refractivity contribution in [1.82, 2.24) is 15.2 Å². The second kappa shape index (κ2) is 5.49. The van der Waals surface area contributed by atoms with Crippen molar-refractivity contribution in [2.45, 2.75) is 13.1 Å². The van der Waals surface area contributed by atoms with Gasteiger partial charge in [0.05, 0.1) is 0 Å². The molecule has 7 heteroatoms. The van der Waals surface area contributed by atoms with Crippen LogP contribution in [0.15, 0.2) is 33.9 Å². The molecule has 0 aliphatic carbocycles. The van der Waals surface area contributed by atoms with Crippen LogP contribution < -0.4 is 21.9 Å². The molecule has 7 nitrogen and oxygen atoms in total. The average molecular weight is 261 g/mol. The van der Waals surface area contributed by atoms with Crippen LogP contribution in [-0.2, 0) is 13.1 Å². The summed E-state index contributed by atoms with van der Waals surface area (Å²) in [6.07, 6.45) is 0. The Morgan fingerprint density at radius 3 is 2.58 bits per heavy atom. The van der Waals surface area contributed by atoms with Crippen molar-refractivity contribution in [1.29, 1.82) is 0 Å². The molecule has 0 unspecified atom stereocenters. The van der Waals surface area contributed by atoms with E-state index in [0.717, 1.165) is 11.1 Å². The predicted octanol–water partition coefficient (Wildman–Crippen LogP) is -0.447. The lowest BCUT2D eigenvalue weighted by Gasteiger charge is -2.18. The van der Waals surface area contributed by atoms with Gasteiger partial charge in [-0.3, -0.25) is 9.78 Å². The Bertz CT molecular complexity index is 676. The summed E-state index contributed by atoms with van der Waals surface area (Å²) in [5, 5.41) is 5.95. The third-order valence-corrected chi connectivity index (χ3v) is 2.80. The second-order valence-electron chi connectivity index (χ2n) is 4.16. The Hall–Kier alpha value is -2.41. The number of rotatable bonds is 4. The van der Waals surface area contributed by atoms with Gasteiger partial charge in [0, 0.05) is 20.1 Å². The molecule has 1 aromatic carbocycles. The standard InChI is InChI=1S/C12H15N5O2/c1-17(10-11(18)14-12(19)16-15-10)7-9-5-3-2-4-8(9)6-13/h2-5H,6-7,13H2,1H3,(H2,14,16,18,19). The fourth-order valence-corrected chi connectivity index (χ4v) is 1.84. The first-order valence-electron chi connectivity index (χ1n) is 5.79. The van der Waals surface area contributed by atoms with Gasteiger partial charge in [-0.05, 0) is 11.1 Å². The fourth-order valence-electron chi connectivity index (χ4n) is 1.84. The number of aromatic amines is 2. The van der Waals surface area contributed by atoms with Gasteiger partial charge in [0.15, 0.2) is 0 Å². The molecule has 1 heterocycles. The molecule has 0 radical (unpaired) electrons. The van der Waals surface area contributed by atoms with Crippen LogP contribution >= 0.6 is 0 Å². The third-order valence-electron chi connectivity index (χ3n) is 2.80. The molecule has 2 rings (SSSR count). The van der Waals surface area contributed by atoms with Crippen molar-refractivity contribution in [3.63, 3.8) is 0 Å². The molecule has 0 aliphatic heterocycles. The van der Waals surface area contributed by atoms with Crippen molar-refractivity contribution in [2.24, 2.45) is 5.73 Å². The molecule has 0 spiro atoms. The van der Waals surface area contributed by atoms with Crippen molar-refractivity contribution in [3.05, 3.63) is 56.2 Å². The molecule has 19 heavy (non-hydrogen) atoms. The SMILES string of the molecule is CN(Cc1ccccc1CN)c1n[nH]c(=O)[nH]c1=O. The van der Waals surface area contributed by atoms with E-state index in [-0.39, 0.29) is 5.82 Å². The summed E-state index contributed by atoms with van der Waals surface area (Å²) in [5.41, 5.74) is 6.55. The van der Waals surface area contributed by atoms with Crippen LogP contribution in [0.4, 0.5) is 5.82 Å². The molecular weight excluding hydrogens is 246 g/mol. The van der Waals surface area contributed by atoms with E-state index in [1.165, 1.54) is 0 Å². The van der Waals surface area contributed by atoms with Gasteiger partial charge in [-0.2, -0.15) is 0 Å². The highest BCUT2D eigenvalue weighted by Crippen LogP contribution is 2.12. The van der Waals surface area contributed by atoms with E-state index in [1.54, 1.807) is 11.9 Å². The molecule has 0 aliphatic rings. The molecule has 0 saturated carbocycles. The Labute approximate surface area is 109 Å². The van der Waals surface area contributed by atoms with Crippen molar-refractivity contribution >= 4 is 5.82 Å². The van der Waals surface area contributed by atoms with E-state index >= 15 is 0 Å². The number of nitrogens with one attached hydrogen (secondary N) is 2. The largest absolute Gasteiger partial charge is 0.349 e. The molecule has 2 aromatic rings. The average Bonchev–Trinajstić information content (AvgIpc) is 2.39. The van der Waals surface area contributed by atoms with Gasteiger partial charge >= 0.3 is 5.69 Å². The van der Waals surface area contributed by atoms with Gasteiger partial charge in [-0.25, -0.2) is 9.89 Å². The Balaban J connectivity index is 2.28. The van der Waals surface area contributed by atoms with Gasteiger partial charge in [0.25, 0.3) is 5.56 Å². The first-order valence-corrected chi connectivity index (χ1v) is 5.79. The summed E-state index contributed by atoms with van der Waals surface area (Å²) in [6.45, 7) is 0.912. The predicted molar refractivity (Wildman–Crippen MR) is 71.9 cm³/mol. The summed E-state index contributed by atoms with van der Waals surface area (Å²) >= 11 is 0. The number of H-pyrrole nitrogens is 2. The zero-order valence-electron chi connectivity index (χ0n) is 10.5. The maximum absolute atomic E-state index is 11.6. The molecule has 100 valence electrons. The Morgan fingerprint density at radius 1 is 1.26 bits per heavy atom. The number of benzene rings is 1. The monoisotopic (exact) mass is 261 g/mol. The smallest absolute Gasteiger partial charge is 0.342 e. The van der Waals surface area contributed by atoms with Crippen LogP contribution in [-0.4, -0.2) is 22.2 Å². The molecule has 0 bridgehead atoms. The maximum atomic E-state index is 11.6. The summed E-state index contributed by atoms with van der Waals surface area (Å²) in [4.78, 5) is 26.3. The highest BCUT2D eigenvalue weighted by molar-refractivity contribution is 5.37. The number of hydrogen-bond donors (Lipinski definition) is 3. The third kappa shape index (κ3) is 2.89. The summed E-state index contributed by atoms with van der Waals surface area (Å²) in [5.74, 6) is 0.159. The van der Waals surface area contributed by atoms with Crippen LogP contribution in [0.5, 0.6) is 0 Å². The van der Waals surface area contributed by atoms with Crippen LogP contribution in [0.1, 0.15) is 11.1 Å². The highest BCUT2D eigenvalue weighted by Gasteiger charge is 2.10. The van der Waals surface area contributed by atoms with Crippen molar-refractivity contribution in [2.75, 3.05) is 11.9 Å². The number of nitrogens with zero attached hydrogens (tertiary/aromatic N) is 2. The first kappa shape index (κ1) is 13.0. The minimum Gasteiger partial charge on any atom is -0.349 e. The van der Waals surface area contributed by atoms with Gasteiger partial charge in [0.1, 0.15) is 0 Å². The molecule has 0 atom stereocenters. The van der Waals surface area contributed by atoms with E-state index in [4.69, 9.17) is 5.73 Å². The lowest BCUT2D eigenvalue weighted by atomic mass is 10.1. The molecule has 0 fully saturated rings. The van der Waals surface area contributed by atoms with E-state index < -0.39 is 11.2 Å².